The van der Waals surface area contributed by atoms with Gasteiger partial charge in [-0.3, -0.25) is 0 Å². The number of hydrogen-bond donors (Lipinski definition) is 1. The molecule has 0 aliphatic carbocycles. The van der Waals surface area contributed by atoms with E-state index in [-0.39, 0.29) is 12.1 Å². The Hall–Kier alpha value is -0.770. The maximum absolute atomic E-state index is 12.1. The van der Waals surface area contributed by atoms with Crippen molar-refractivity contribution in [3.8, 4) is 0 Å². The van der Waals surface area contributed by atoms with Crippen LogP contribution in [0.25, 0.3) is 0 Å². The molecule has 0 aromatic heterocycles. The molecule has 0 spiro atoms. The Balaban J connectivity index is 1.88. The summed E-state index contributed by atoms with van der Waals surface area (Å²) in [5.41, 5.74) is 5.88. The van der Waals surface area contributed by atoms with E-state index in [9.17, 15) is 4.79 Å². The van der Waals surface area contributed by atoms with Crippen LogP contribution in [0.3, 0.4) is 0 Å². The first-order valence-electron chi connectivity index (χ1n) is 6.07. The third kappa shape index (κ3) is 2.62. The van der Waals surface area contributed by atoms with Crippen molar-refractivity contribution in [1.29, 1.82) is 0 Å². The van der Waals surface area contributed by atoms with E-state index in [2.05, 4.69) is 0 Å². The molecule has 2 amide bonds. The molecule has 1 unspecified atom stereocenters. The molecule has 1 atom stereocenters. The van der Waals surface area contributed by atoms with Gasteiger partial charge in [-0.1, -0.05) is 0 Å². The average Bonchev–Trinajstić information content (AvgIpc) is 2.29. The maximum Gasteiger partial charge on any atom is 0.320 e. The highest BCUT2D eigenvalue weighted by Crippen LogP contribution is 2.14. The molecule has 2 fully saturated rings. The van der Waals surface area contributed by atoms with E-state index in [1.165, 1.54) is 6.42 Å². The molecule has 0 bridgehead atoms. The number of amides is 2. The molecule has 2 N–H and O–H groups in total. The predicted molar refractivity (Wildman–Crippen MR) is 59.6 cm³/mol. The van der Waals surface area contributed by atoms with Gasteiger partial charge in [-0.15, -0.1) is 0 Å². The lowest BCUT2D eigenvalue weighted by atomic mass is 10.1. The number of piperidine rings is 2. The fourth-order valence-electron chi connectivity index (χ4n) is 2.47. The van der Waals surface area contributed by atoms with Crippen molar-refractivity contribution in [1.82, 2.24) is 9.80 Å². The molecular weight excluding hydrogens is 190 g/mol. The second kappa shape index (κ2) is 4.84. The van der Waals surface area contributed by atoms with Gasteiger partial charge in [0.2, 0.25) is 0 Å². The fourth-order valence-corrected chi connectivity index (χ4v) is 2.47. The molecule has 0 aromatic carbocycles. The van der Waals surface area contributed by atoms with Crippen LogP contribution in [-0.4, -0.2) is 48.1 Å². The Morgan fingerprint density at radius 1 is 1.00 bits per heavy atom. The highest BCUT2D eigenvalue weighted by molar-refractivity contribution is 5.74. The van der Waals surface area contributed by atoms with Gasteiger partial charge in [0, 0.05) is 32.2 Å². The minimum Gasteiger partial charge on any atom is -0.326 e. The van der Waals surface area contributed by atoms with Crippen LogP contribution < -0.4 is 5.73 Å². The first-order valence-corrected chi connectivity index (χ1v) is 6.07. The van der Waals surface area contributed by atoms with Crippen LogP contribution in [0.1, 0.15) is 32.1 Å². The average molecular weight is 211 g/mol. The predicted octanol–water partition coefficient (Wildman–Crippen LogP) is 1.02. The normalized spacial score (nSPS) is 27.9. The van der Waals surface area contributed by atoms with Gasteiger partial charge in [0.15, 0.2) is 0 Å². The van der Waals surface area contributed by atoms with Crippen LogP contribution in [0, 0.1) is 0 Å². The van der Waals surface area contributed by atoms with Crippen molar-refractivity contribution in [3.63, 3.8) is 0 Å². The topological polar surface area (TPSA) is 49.6 Å². The lowest BCUT2D eigenvalue weighted by Crippen LogP contribution is -2.51. The van der Waals surface area contributed by atoms with Crippen LogP contribution in [0.15, 0.2) is 0 Å². The van der Waals surface area contributed by atoms with Crippen molar-refractivity contribution in [2.45, 2.75) is 38.1 Å². The van der Waals surface area contributed by atoms with E-state index in [1.54, 1.807) is 0 Å². The molecule has 4 nitrogen and oxygen atoms in total. The summed E-state index contributed by atoms with van der Waals surface area (Å²) >= 11 is 0. The van der Waals surface area contributed by atoms with Gasteiger partial charge in [0.25, 0.3) is 0 Å². The SMILES string of the molecule is NC1CCCN(C(=O)N2CCCCC2)C1. The fraction of sp³-hybridized carbons (Fsp3) is 0.909. The molecule has 2 aliphatic heterocycles. The number of rotatable bonds is 0. The minimum absolute atomic E-state index is 0.187. The summed E-state index contributed by atoms with van der Waals surface area (Å²) in [6.45, 7) is 3.51. The first-order chi connectivity index (χ1) is 7.27. The summed E-state index contributed by atoms with van der Waals surface area (Å²) in [6, 6.07) is 0.400. The molecule has 2 rings (SSSR count). The van der Waals surface area contributed by atoms with Crippen LogP contribution in [0.4, 0.5) is 4.79 Å². The van der Waals surface area contributed by atoms with Crippen molar-refractivity contribution >= 4 is 6.03 Å². The van der Waals surface area contributed by atoms with Gasteiger partial charge in [-0.25, -0.2) is 4.79 Å². The van der Waals surface area contributed by atoms with Gasteiger partial charge in [-0.2, -0.15) is 0 Å². The molecule has 86 valence electrons. The van der Waals surface area contributed by atoms with Crippen molar-refractivity contribution < 1.29 is 4.79 Å². The van der Waals surface area contributed by atoms with E-state index < -0.39 is 0 Å². The van der Waals surface area contributed by atoms with Crippen molar-refractivity contribution in [2.24, 2.45) is 5.73 Å². The Labute approximate surface area is 91.4 Å². The first kappa shape index (κ1) is 10.7. The maximum atomic E-state index is 12.1. The van der Waals surface area contributed by atoms with Crippen molar-refractivity contribution in [3.05, 3.63) is 0 Å². The molecule has 4 heteroatoms. The van der Waals surface area contributed by atoms with Gasteiger partial charge in [0.1, 0.15) is 0 Å². The number of carbonyl (C=O) groups excluding carboxylic acids is 1. The van der Waals surface area contributed by atoms with Crippen LogP contribution in [0.2, 0.25) is 0 Å². The molecule has 0 saturated carbocycles. The monoisotopic (exact) mass is 211 g/mol. The summed E-state index contributed by atoms with van der Waals surface area (Å²) in [5, 5.41) is 0. The Morgan fingerprint density at radius 2 is 1.67 bits per heavy atom. The quantitative estimate of drug-likeness (QED) is 0.650. The summed E-state index contributed by atoms with van der Waals surface area (Å²) in [5.74, 6) is 0. The lowest BCUT2D eigenvalue weighted by Gasteiger charge is -2.36. The number of likely N-dealkylation sites (tertiary alicyclic amines) is 2. The van der Waals surface area contributed by atoms with E-state index in [4.69, 9.17) is 5.73 Å². The van der Waals surface area contributed by atoms with Crippen LogP contribution in [0.5, 0.6) is 0 Å². The largest absolute Gasteiger partial charge is 0.326 e. The zero-order valence-corrected chi connectivity index (χ0v) is 9.32. The zero-order valence-electron chi connectivity index (χ0n) is 9.32. The van der Waals surface area contributed by atoms with Crippen LogP contribution in [-0.2, 0) is 0 Å². The third-order valence-electron chi connectivity index (χ3n) is 3.35. The Kier molecular flexibility index (Phi) is 3.46. The van der Waals surface area contributed by atoms with Crippen molar-refractivity contribution in [2.75, 3.05) is 26.2 Å². The van der Waals surface area contributed by atoms with Crippen LogP contribution >= 0.6 is 0 Å². The van der Waals surface area contributed by atoms with E-state index in [0.717, 1.165) is 51.9 Å². The van der Waals surface area contributed by atoms with E-state index in [1.807, 2.05) is 9.80 Å². The Bertz CT molecular complexity index is 226. The number of hydrogen-bond acceptors (Lipinski definition) is 2. The lowest BCUT2D eigenvalue weighted by molar-refractivity contribution is 0.131. The minimum atomic E-state index is 0.187. The van der Waals surface area contributed by atoms with E-state index in [0.29, 0.717) is 0 Å². The summed E-state index contributed by atoms with van der Waals surface area (Å²) in [7, 11) is 0. The van der Waals surface area contributed by atoms with Gasteiger partial charge < -0.3 is 15.5 Å². The number of nitrogens with zero attached hydrogens (tertiary/aromatic N) is 2. The smallest absolute Gasteiger partial charge is 0.320 e. The molecule has 2 saturated heterocycles. The summed E-state index contributed by atoms with van der Waals surface area (Å²) < 4.78 is 0. The highest BCUT2D eigenvalue weighted by Gasteiger charge is 2.26. The third-order valence-corrected chi connectivity index (χ3v) is 3.35. The summed E-state index contributed by atoms with van der Waals surface area (Å²) in [6.07, 6.45) is 5.70. The molecule has 2 aliphatic rings. The second-order valence-corrected chi connectivity index (χ2v) is 4.68. The van der Waals surface area contributed by atoms with Gasteiger partial charge >= 0.3 is 6.03 Å². The standard InChI is InChI=1S/C11H21N3O/c12-10-5-4-8-14(9-10)11(15)13-6-2-1-3-7-13/h10H,1-9,12H2. The molecule has 2 heterocycles. The Morgan fingerprint density at radius 3 is 2.33 bits per heavy atom. The molecule has 0 radical (unpaired) electrons. The number of nitrogens with two attached hydrogens (primary N) is 1. The van der Waals surface area contributed by atoms with E-state index >= 15 is 0 Å². The number of urea groups is 1. The van der Waals surface area contributed by atoms with Gasteiger partial charge in [-0.05, 0) is 32.1 Å². The molecule has 0 aromatic rings. The highest BCUT2D eigenvalue weighted by atomic mass is 16.2. The second-order valence-electron chi connectivity index (χ2n) is 4.68. The molecule has 15 heavy (non-hydrogen) atoms. The zero-order chi connectivity index (χ0) is 10.7. The van der Waals surface area contributed by atoms with Gasteiger partial charge in [0.05, 0.1) is 0 Å². The number of carbonyl (C=O) groups is 1. The summed E-state index contributed by atoms with van der Waals surface area (Å²) in [4.78, 5) is 16.0. The molecular formula is C11H21N3O.